The van der Waals surface area contributed by atoms with Crippen LogP contribution in [0.2, 0.25) is 0 Å². The molecule has 0 aliphatic rings. The lowest BCUT2D eigenvalue weighted by molar-refractivity contribution is 0.0976. The van der Waals surface area contributed by atoms with Gasteiger partial charge in [0.1, 0.15) is 0 Å². The summed E-state index contributed by atoms with van der Waals surface area (Å²) in [6.07, 6.45) is 0.315. The molecule has 0 amide bonds. The summed E-state index contributed by atoms with van der Waals surface area (Å²) in [5.41, 5.74) is 2.60. The molecule has 0 aromatic heterocycles. The Balaban J connectivity index is 1.84. The average Bonchev–Trinajstić information content (AvgIpc) is 2.74. The molecule has 1 N–H and O–H groups in total. The minimum Gasteiger partial charge on any atom is -0.493 e. The van der Waals surface area contributed by atoms with Crippen molar-refractivity contribution in [1.82, 2.24) is 0 Å². The molecule has 28 heavy (non-hydrogen) atoms. The van der Waals surface area contributed by atoms with Crippen LogP contribution in [0.4, 0.5) is 5.69 Å². The number of anilines is 1. The molecule has 1 unspecified atom stereocenters. The fourth-order valence-corrected chi connectivity index (χ4v) is 3.26. The highest BCUT2D eigenvalue weighted by atomic mass is 79.9. The van der Waals surface area contributed by atoms with Gasteiger partial charge < -0.3 is 14.8 Å². The molecule has 0 bridgehead atoms. The number of ketones is 1. The molecule has 0 aliphatic heterocycles. The molecule has 4 nitrogen and oxygen atoms in total. The second-order valence-electron chi connectivity index (χ2n) is 6.31. The van der Waals surface area contributed by atoms with Crippen LogP contribution in [0, 0.1) is 0 Å². The first-order chi connectivity index (χ1) is 13.6. The number of halogens is 1. The van der Waals surface area contributed by atoms with Gasteiger partial charge in [-0.1, -0.05) is 46.3 Å². The summed E-state index contributed by atoms with van der Waals surface area (Å²) in [5.74, 6) is 1.18. The van der Waals surface area contributed by atoms with E-state index in [0.29, 0.717) is 23.5 Å². The number of hydrogen-bond acceptors (Lipinski definition) is 4. The van der Waals surface area contributed by atoms with Crippen molar-refractivity contribution in [2.24, 2.45) is 0 Å². The second-order valence-corrected chi connectivity index (χ2v) is 7.23. The van der Waals surface area contributed by atoms with E-state index in [9.17, 15) is 4.79 Å². The first-order valence-corrected chi connectivity index (χ1v) is 9.72. The van der Waals surface area contributed by atoms with Crippen LogP contribution in [0.15, 0.2) is 77.3 Å². The molecule has 3 aromatic rings. The Hall–Kier alpha value is -2.79. The molecule has 3 rings (SSSR count). The van der Waals surface area contributed by atoms with Crippen LogP contribution >= 0.6 is 15.9 Å². The third kappa shape index (κ3) is 4.93. The Morgan fingerprint density at radius 3 is 2.25 bits per heavy atom. The summed E-state index contributed by atoms with van der Waals surface area (Å²) in [6.45, 7) is 0. The summed E-state index contributed by atoms with van der Waals surface area (Å²) < 4.78 is 11.6. The maximum Gasteiger partial charge on any atom is 0.165 e. The number of methoxy groups -OCH3 is 2. The van der Waals surface area contributed by atoms with Crippen LogP contribution in [0.25, 0.3) is 0 Å². The van der Waals surface area contributed by atoms with E-state index >= 15 is 0 Å². The molecule has 0 heterocycles. The number of ether oxygens (including phenoxy) is 2. The van der Waals surface area contributed by atoms with Crippen LogP contribution in [0.3, 0.4) is 0 Å². The summed E-state index contributed by atoms with van der Waals surface area (Å²) in [7, 11) is 3.14. The highest BCUT2D eigenvalue weighted by molar-refractivity contribution is 9.10. The van der Waals surface area contributed by atoms with E-state index in [1.54, 1.807) is 32.4 Å². The Morgan fingerprint density at radius 2 is 1.61 bits per heavy atom. The Bertz CT molecular complexity index is 926. The van der Waals surface area contributed by atoms with E-state index in [4.69, 9.17) is 9.47 Å². The summed E-state index contributed by atoms with van der Waals surface area (Å²) in [6, 6.07) is 23.0. The zero-order chi connectivity index (χ0) is 19.9. The van der Waals surface area contributed by atoms with Gasteiger partial charge in [-0.2, -0.15) is 0 Å². The minimum absolute atomic E-state index is 0.0272. The van der Waals surface area contributed by atoms with E-state index in [1.807, 2.05) is 54.6 Å². The number of hydrogen-bond donors (Lipinski definition) is 1. The number of benzene rings is 3. The molecule has 0 saturated heterocycles. The molecule has 144 valence electrons. The van der Waals surface area contributed by atoms with E-state index in [-0.39, 0.29) is 11.8 Å². The van der Waals surface area contributed by atoms with Crippen molar-refractivity contribution in [2.75, 3.05) is 19.5 Å². The lowest BCUT2D eigenvalue weighted by atomic mass is 9.97. The van der Waals surface area contributed by atoms with E-state index in [2.05, 4.69) is 21.2 Å². The van der Waals surface area contributed by atoms with Gasteiger partial charge in [0.2, 0.25) is 0 Å². The third-order valence-corrected chi connectivity index (χ3v) is 5.01. The minimum atomic E-state index is -0.150. The molecular weight excluding hydrogens is 418 g/mol. The number of Topliss-reactive ketones (excluding diaryl/α,β-unsaturated/α-hetero) is 1. The lowest BCUT2D eigenvalue weighted by Gasteiger charge is -2.20. The first-order valence-electron chi connectivity index (χ1n) is 8.93. The quantitative estimate of drug-likeness (QED) is 0.444. The number of rotatable bonds is 8. The van der Waals surface area contributed by atoms with Gasteiger partial charge in [0, 0.05) is 22.1 Å². The molecule has 0 aliphatic carbocycles. The van der Waals surface area contributed by atoms with Gasteiger partial charge in [0.05, 0.1) is 20.3 Å². The highest BCUT2D eigenvalue weighted by Gasteiger charge is 2.18. The predicted octanol–water partition coefficient (Wildman–Crippen LogP) is 5.89. The SMILES string of the molecule is COc1ccc(C(=O)CC(Nc2ccc(Br)cc2)c2ccccc2)cc1OC. The van der Waals surface area contributed by atoms with Crippen molar-refractivity contribution in [2.45, 2.75) is 12.5 Å². The molecule has 0 spiro atoms. The van der Waals surface area contributed by atoms with Gasteiger partial charge in [0.25, 0.3) is 0 Å². The van der Waals surface area contributed by atoms with Gasteiger partial charge in [-0.05, 0) is 48.0 Å². The summed E-state index contributed by atoms with van der Waals surface area (Å²) in [4.78, 5) is 13.0. The largest absolute Gasteiger partial charge is 0.493 e. The lowest BCUT2D eigenvalue weighted by Crippen LogP contribution is -2.16. The topological polar surface area (TPSA) is 47.6 Å². The Morgan fingerprint density at radius 1 is 0.929 bits per heavy atom. The van der Waals surface area contributed by atoms with Crippen molar-refractivity contribution in [1.29, 1.82) is 0 Å². The van der Waals surface area contributed by atoms with Gasteiger partial charge in [-0.15, -0.1) is 0 Å². The zero-order valence-electron chi connectivity index (χ0n) is 15.8. The van der Waals surface area contributed by atoms with Crippen LogP contribution < -0.4 is 14.8 Å². The van der Waals surface area contributed by atoms with Crippen LogP contribution in [0.1, 0.15) is 28.4 Å². The molecule has 3 aromatic carbocycles. The van der Waals surface area contributed by atoms with Gasteiger partial charge in [-0.25, -0.2) is 0 Å². The molecule has 0 fully saturated rings. The number of nitrogens with one attached hydrogen (secondary N) is 1. The van der Waals surface area contributed by atoms with E-state index < -0.39 is 0 Å². The molecular formula is C23H22BrNO3. The normalized spacial score (nSPS) is 11.5. The molecule has 1 atom stereocenters. The number of carbonyl (C=O) groups is 1. The highest BCUT2D eigenvalue weighted by Crippen LogP contribution is 2.30. The van der Waals surface area contributed by atoms with Crippen molar-refractivity contribution >= 4 is 27.4 Å². The standard InChI is InChI=1S/C23H22BrNO3/c1-27-22-13-8-17(14-23(22)28-2)21(26)15-20(16-6-4-3-5-7-16)25-19-11-9-18(24)10-12-19/h3-14,20,25H,15H2,1-2H3. The Kier molecular flexibility index (Phi) is 6.71. The third-order valence-electron chi connectivity index (χ3n) is 4.48. The van der Waals surface area contributed by atoms with Crippen molar-refractivity contribution < 1.29 is 14.3 Å². The Labute approximate surface area is 173 Å². The van der Waals surface area contributed by atoms with Crippen molar-refractivity contribution in [3.63, 3.8) is 0 Å². The fraction of sp³-hybridized carbons (Fsp3) is 0.174. The van der Waals surface area contributed by atoms with E-state index in [0.717, 1.165) is 15.7 Å². The second kappa shape index (κ2) is 9.42. The van der Waals surface area contributed by atoms with Gasteiger partial charge in [-0.3, -0.25) is 4.79 Å². The smallest absolute Gasteiger partial charge is 0.165 e. The number of carbonyl (C=O) groups excluding carboxylic acids is 1. The molecule has 0 saturated carbocycles. The first kappa shape index (κ1) is 20.0. The van der Waals surface area contributed by atoms with Gasteiger partial charge in [0.15, 0.2) is 17.3 Å². The zero-order valence-corrected chi connectivity index (χ0v) is 17.4. The monoisotopic (exact) mass is 439 g/mol. The predicted molar refractivity (Wildman–Crippen MR) is 115 cm³/mol. The van der Waals surface area contributed by atoms with Crippen molar-refractivity contribution in [3.8, 4) is 11.5 Å². The van der Waals surface area contributed by atoms with Crippen molar-refractivity contribution in [3.05, 3.63) is 88.4 Å². The van der Waals surface area contributed by atoms with Crippen LogP contribution in [-0.4, -0.2) is 20.0 Å². The van der Waals surface area contributed by atoms with Gasteiger partial charge >= 0.3 is 0 Å². The molecule has 5 heteroatoms. The van der Waals surface area contributed by atoms with E-state index in [1.165, 1.54) is 0 Å². The maximum atomic E-state index is 13.0. The maximum absolute atomic E-state index is 13.0. The fourth-order valence-electron chi connectivity index (χ4n) is 3.00. The molecule has 0 radical (unpaired) electrons. The summed E-state index contributed by atoms with van der Waals surface area (Å²) >= 11 is 3.45. The summed E-state index contributed by atoms with van der Waals surface area (Å²) in [5, 5.41) is 3.48. The average molecular weight is 440 g/mol. The van der Waals surface area contributed by atoms with Crippen LogP contribution in [-0.2, 0) is 0 Å². The van der Waals surface area contributed by atoms with Crippen LogP contribution in [0.5, 0.6) is 11.5 Å².